The molecule has 17 heteroatoms. The van der Waals surface area contributed by atoms with E-state index < -0.39 is 11.6 Å². The van der Waals surface area contributed by atoms with Crippen molar-refractivity contribution in [2.24, 2.45) is 21.9 Å². The Balaban J connectivity index is 4.29. The molecule has 1 unspecified atom stereocenters. The average molecular weight is 759 g/mol. The summed E-state index contributed by atoms with van der Waals surface area (Å²) in [6.45, 7) is 14.9. The van der Waals surface area contributed by atoms with Crippen LogP contribution in [0.1, 0.15) is 97.8 Å². The van der Waals surface area contributed by atoms with Gasteiger partial charge in [-0.15, -0.1) is 0 Å². The van der Waals surface area contributed by atoms with Gasteiger partial charge in [0.25, 0.3) is 0 Å². The number of unbranched alkanes of at least 4 members (excludes halogenated alkanes) is 3. The predicted octanol–water partition coefficient (Wildman–Crippen LogP) is 2.18. The molecule has 0 bridgehead atoms. The van der Waals surface area contributed by atoms with Gasteiger partial charge in [-0.05, 0) is 85.1 Å². The number of allylic oxidation sites excluding steroid dienone is 1. The Bertz CT molecular complexity index is 1010. The largest absolute Gasteiger partial charge is 0.460 e. The second-order valence-corrected chi connectivity index (χ2v) is 13.4. The van der Waals surface area contributed by atoms with Crippen molar-refractivity contribution in [1.29, 1.82) is 0 Å². The zero-order chi connectivity index (χ0) is 39.4. The van der Waals surface area contributed by atoms with E-state index >= 15 is 0 Å². The van der Waals surface area contributed by atoms with Crippen LogP contribution < -0.4 is 32.8 Å². The van der Waals surface area contributed by atoms with Crippen LogP contribution in [0.2, 0.25) is 0 Å². The smallest absolute Gasteiger partial charge is 0.308 e. The van der Waals surface area contributed by atoms with Crippen LogP contribution in [0, 0.1) is 0 Å². The molecule has 0 fully saturated rings. The molecule has 0 aliphatic heterocycles. The van der Waals surface area contributed by atoms with E-state index in [0.717, 1.165) is 44.2 Å². The Morgan fingerprint density at radius 2 is 1.26 bits per heavy atom. The highest BCUT2D eigenvalue weighted by Gasteiger charge is 2.20. The lowest BCUT2D eigenvalue weighted by molar-refractivity contribution is -0.156. The lowest BCUT2D eigenvalue weighted by Gasteiger charge is -2.19. The van der Waals surface area contributed by atoms with Crippen LogP contribution in [0.25, 0.3) is 0 Å². The van der Waals surface area contributed by atoms with Gasteiger partial charge >= 0.3 is 5.97 Å². The van der Waals surface area contributed by atoms with Crippen molar-refractivity contribution < 1.29 is 42.9 Å². The van der Waals surface area contributed by atoms with Crippen LogP contribution in [-0.4, -0.2) is 121 Å². The lowest BCUT2D eigenvalue weighted by Crippen LogP contribution is -2.47. The number of hydrogen-bond donors (Lipinski definition) is 6. The van der Waals surface area contributed by atoms with Crippen LogP contribution in [0.3, 0.4) is 0 Å². The summed E-state index contributed by atoms with van der Waals surface area (Å²) in [6, 6.07) is -0.688. The maximum absolute atomic E-state index is 13.0. The summed E-state index contributed by atoms with van der Waals surface area (Å²) in [5.74, 6) is 4.15. The fourth-order valence-corrected chi connectivity index (χ4v) is 4.62. The summed E-state index contributed by atoms with van der Waals surface area (Å²) < 4.78 is 27.1. The van der Waals surface area contributed by atoms with Crippen molar-refractivity contribution in [1.82, 2.24) is 21.3 Å². The highest BCUT2D eigenvalue weighted by Crippen LogP contribution is 2.08. The molecule has 0 aromatic heterocycles. The highest BCUT2D eigenvalue weighted by atomic mass is 16.6. The number of esters is 1. The summed E-state index contributed by atoms with van der Waals surface area (Å²) in [5.41, 5.74) is 5.91. The van der Waals surface area contributed by atoms with Crippen LogP contribution in [-0.2, 0) is 42.9 Å². The minimum atomic E-state index is -0.688. The van der Waals surface area contributed by atoms with E-state index in [1.165, 1.54) is 0 Å². The molecule has 3 amide bonds. The Hall–Kier alpha value is -3.38. The standard InChI is InChI=1S/C36H70N8O9/c1-30(12-6-10-20-42-44-38)39-18-9-7-13-31(43-33(46)15-11-19-40-32(45)14-5-8-17-37)35(48)41-21-23-50-25-27-52-29-28-51-26-24-49-22-16-34(47)53-36(2,3)4/h31,39H,1,5-29,37H2,2-4H3,(H2,38,42)(H,40,45)(H,41,48)(H,43,46). The summed E-state index contributed by atoms with van der Waals surface area (Å²) in [7, 11) is 0. The maximum atomic E-state index is 13.0. The Morgan fingerprint density at radius 1 is 0.660 bits per heavy atom. The number of carbonyl (C=O) groups excluding carboxylic acids is 4. The van der Waals surface area contributed by atoms with Crippen molar-refractivity contribution in [2.75, 3.05) is 85.6 Å². The number of rotatable bonds is 36. The minimum absolute atomic E-state index is 0.0553. The van der Waals surface area contributed by atoms with E-state index in [1.807, 2.05) is 20.8 Å². The van der Waals surface area contributed by atoms with Crippen molar-refractivity contribution in [3.63, 3.8) is 0 Å². The summed E-state index contributed by atoms with van der Waals surface area (Å²) in [6.07, 6.45) is 7.44. The van der Waals surface area contributed by atoms with Gasteiger partial charge in [0.05, 0.1) is 65.8 Å². The zero-order valence-corrected chi connectivity index (χ0v) is 32.7. The number of amides is 3. The summed E-state index contributed by atoms with van der Waals surface area (Å²) >= 11 is 0. The fourth-order valence-electron chi connectivity index (χ4n) is 4.62. The molecule has 0 saturated heterocycles. The molecule has 0 heterocycles. The van der Waals surface area contributed by atoms with Gasteiger partial charge in [-0.2, -0.15) is 5.11 Å². The molecule has 0 aliphatic rings. The monoisotopic (exact) mass is 759 g/mol. The highest BCUT2D eigenvalue weighted by molar-refractivity contribution is 5.87. The van der Waals surface area contributed by atoms with Crippen molar-refractivity contribution >= 4 is 23.7 Å². The SMILES string of the molecule is C=C(CCCCN=NN)NCCCCC(NC(=O)CCCNC(=O)CCCCN)C(=O)NCCOCCOCCOCCOCCC(=O)OC(C)(C)C. The van der Waals surface area contributed by atoms with E-state index in [2.05, 4.69) is 38.2 Å². The molecule has 0 aromatic rings. The third kappa shape index (κ3) is 35.4. The minimum Gasteiger partial charge on any atom is -0.460 e. The second-order valence-electron chi connectivity index (χ2n) is 13.4. The third-order valence-corrected chi connectivity index (χ3v) is 7.31. The lowest BCUT2D eigenvalue weighted by atomic mass is 10.1. The van der Waals surface area contributed by atoms with Gasteiger partial charge in [-0.3, -0.25) is 19.2 Å². The molecule has 1 atom stereocenters. The number of nitrogens with one attached hydrogen (secondary N) is 4. The zero-order valence-electron chi connectivity index (χ0n) is 32.7. The van der Waals surface area contributed by atoms with Crippen LogP contribution in [0.4, 0.5) is 0 Å². The number of ether oxygens (including phenoxy) is 5. The molecular weight excluding hydrogens is 688 g/mol. The molecule has 0 saturated carbocycles. The molecule has 0 rings (SSSR count). The Morgan fingerprint density at radius 3 is 1.91 bits per heavy atom. The number of hydrogen-bond acceptors (Lipinski definition) is 13. The molecule has 0 aliphatic carbocycles. The van der Waals surface area contributed by atoms with Gasteiger partial charge in [0.15, 0.2) is 0 Å². The fraction of sp³-hybridized carbons (Fsp3) is 0.833. The Labute approximate surface area is 316 Å². The van der Waals surface area contributed by atoms with E-state index in [9.17, 15) is 19.2 Å². The van der Waals surface area contributed by atoms with Crippen LogP contribution in [0.5, 0.6) is 0 Å². The molecular formula is C36H70N8O9. The van der Waals surface area contributed by atoms with Crippen molar-refractivity contribution in [2.45, 2.75) is 109 Å². The first-order valence-corrected chi connectivity index (χ1v) is 19.0. The van der Waals surface area contributed by atoms with Gasteiger partial charge in [-0.1, -0.05) is 11.8 Å². The molecule has 53 heavy (non-hydrogen) atoms. The maximum Gasteiger partial charge on any atom is 0.308 e. The van der Waals surface area contributed by atoms with Gasteiger partial charge in [0, 0.05) is 38.2 Å². The average Bonchev–Trinajstić information content (AvgIpc) is 3.10. The van der Waals surface area contributed by atoms with Crippen LogP contribution in [0.15, 0.2) is 22.6 Å². The molecule has 0 radical (unpaired) electrons. The molecule has 0 spiro atoms. The number of nitrogens with two attached hydrogens (primary N) is 2. The normalized spacial score (nSPS) is 12.0. The quantitative estimate of drug-likeness (QED) is 0.0177. The second kappa shape index (κ2) is 34.4. The first-order chi connectivity index (χ1) is 25.5. The topological polar surface area (TPSA) is 239 Å². The van der Waals surface area contributed by atoms with Crippen molar-refractivity contribution in [3.05, 3.63) is 12.3 Å². The van der Waals surface area contributed by atoms with Gasteiger partial charge < -0.3 is 56.5 Å². The van der Waals surface area contributed by atoms with E-state index in [4.69, 9.17) is 35.3 Å². The molecule has 308 valence electrons. The van der Waals surface area contributed by atoms with Gasteiger partial charge in [0.2, 0.25) is 17.7 Å². The van der Waals surface area contributed by atoms with E-state index in [1.54, 1.807) is 0 Å². The third-order valence-electron chi connectivity index (χ3n) is 7.31. The van der Waals surface area contributed by atoms with Crippen molar-refractivity contribution in [3.8, 4) is 0 Å². The first-order valence-electron chi connectivity index (χ1n) is 19.0. The Kier molecular flexibility index (Phi) is 32.2. The van der Waals surface area contributed by atoms with Gasteiger partial charge in [0.1, 0.15) is 11.6 Å². The van der Waals surface area contributed by atoms with Crippen LogP contribution >= 0.6 is 0 Å². The number of nitrogens with zero attached hydrogens (tertiary/aromatic N) is 2. The molecule has 17 nitrogen and oxygen atoms in total. The molecule has 8 N–H and O–H groups in total. The summed E-state index contributed by atoms with van der Waals surface area (Å²) in [4.78, 5) is 49.2. The van der Waals surface area contributed by atoms with E-state index in [0.29, 0.717) is 98.1 Å². The first kappa shape index (κ1) is 49.6. The molecule has 0 aromatic carbocycles. The number of carbonyl (C=O) groups is 4. The predicted molar refractivity (Wildman–Crippen MR) is 203 cm³/mol. The summed E-state index contributed by atoms with van der Waals surface area (Å²) in [5, 5.41) is 18.8. The van der Waals surface area contributed by atoms with E-state index in [-0.39, 0.29) is 49.7 Å². The van der Waals surface area contributed by atoms with Gasteiger partial charge in [-0.25, -0.2) is 0 Å².